The maximum absolute atomic E-state index is 10.6. The van der Waals surface area contributed by atoms with Gasteiger partial charge in [0.15, 0.2) is 0 Å². The third-order valence-corrected chi connectivity index (χ3v) is 6.33. The molecule has 3 aliphatic rings. The highest BCUT2D eigenvalue weighted by Crippen LogP contribution is 2.51. The lowest BCUT2D eigenvalue weighted by atomic mass is 9.57. The number of aliphatic hydroxyl groups is 2. The fraction of sp³-hybridized carbons (Fsp3) is 0.762. The van der Waals surface area contributed by atoms with Crippen LogP contribution in [-0.2, 0) is 4.79 Å². The zero-order valence-electron chi connectivity index (χ0n) is 14.9. The number of carbonyl (C=O) groups is 1. The zero-order valence-corrected chi connectivity index (χ0v) is 14.9. The first kappa shape index (κ1) is 18.5. The Morgan fingerprint density at radius 1 is 1.24 bits per heavy atom. The minimum absolute atomic E-state index is 0.0476. The summed E-state index contributed by atoms with van der Waals surface area (Å²) in [6.07, 6.45) is 10.2. The van der Waals surface area contributed by atoms with Gasteiger partial charge < -0.3 is 15.3 Å². The second-order valence-corrected chi connectivity index (χ2v) is 8.05. The molecule has 3 fully saturated rings. The van der Waals surface area contributed by atoms with E-state index >= 15 is 0 Å². The quantitative estimate of drug-likeness (QED) is 0.528. The molecule has 0 saturated heterocycles. The Bertz CT molecular complexity index is 564. The molecule has 4 nitrogen and oxygen atoms in total. The molecule has 25 heavy (non-hydrogen) atoms. The fourth-order valence-electron chi connectivity index (χ4n) is 4.90. The summed E-state index contributed by atoms with van der Waals surface area (Å²) in [7, 11) is 0. The van der Waals surface area contributed by atoms with Crippen molar-refractivity contribution in [3.63, 3.8) is 0 Å². The highest BCUT2D eigenvalue weighted by Gasteiger charge is 2.46. The van der Waals surface area contributed by atoms with Crippen LogP contribution in [0.15, 0.2) is 11.6 Å². The smallest absolute Gasteiger partial charge is 0.303 e. The van der Waals surface area contributed by atoms with Gasteiger partial charge in [-0.3, -0.25) is 4.79 Å². The largest absolute Gasteiger partial charge is 0.481 e. The number of aliphatic hydroxyl groups excluding tert-OH is 2. The van der Waals surface area contributed by atoms with E-state index in [9.17, 15) is 15.0 Å². The second kappa shape index (κ2) is 8.38. The van der Waals surface area contributed by atoms with Crippen LogP contribution in [0.1, 0.15) is 64.2 Å². The minimum Gasteiger partial charge on any atom is -0.481 e. The molecule has 0 spiro atoms. The summed E-state index contributed by atoms with van der Waals surface area (Å²) < 4.78 is 0. The van der Waals surface area contributed by atoms with Gasteiger partial charge in [-0.25, -0.2) is 0 Å². The van der Waals surface area contributed by atoms with Crippen molar-refractivity contribution in [2.75, 3.05) is 0 Å². The van der Waals surface area contributed by atoms with Crippen LogP contribution in [0.25, 0.3) is 0 Å². The van der Waals surface area contributed by atoms with E-state index in [1.807, 2.05) is 0 Å². The van der Waals surface area contributed by atoms with Crippen LogP contribution in [0, 0.1) is 35.5 Å². The number of hydrogen-bond acceptors (Lipinski definition) is 3. The van der Waals surface area contributed by atoms with Gasteiger partial charge in [0.1, 0.15) is 6.10 Å². The minimum atomic E-state index is -0.758. The van der Waals surface area contributed by atoms with Crippen molar-refractivity contribution in [2.45, 2.75) is 76.4 Å². The maximum Gasteiger partial charge on any atom is 0.303 e. The molecule has 1 unspecified atom stereocenters. The Balaban J connectivity index is 1.55. The van der Waals surface area contributed by atoms with Gasteiger partial charge in [0.05, 0.1) is 12.0 Å². The third kappa shape index (κ3) is 4.65. The average molecular weight is 346 g/mol. The first-order valence-electron chi connectivity index (χ1n) is 9.82. The molecule has 0 amide bonds. The highest BCUT2D eigenvalue weighted by molar-refractivity contribution is 5.66. The molecule has 3 rings (SSSR count). The van der Waals surface area contributed by atoms with Crippen LogP contribution >= 0.6 is 0 Å². The normalized spacial score (nSPS) is 34.7. The van der Waals surface area contributed by atoms with Crippen molar-refractivity contribution in [1.29, 1.82) is 0 Å². The fourth-order valence-corrected chi connectivity index (χ4v) is 4.90. The van der Waals surface area contributed by atoms with Gasteiger partial charge in [-0.05, 0) is 49.9 Å². The van der Waals surface area contributed by atoms with Crippen LogP contribution in [0.4, 0.5) is 0 Å². The molecule has 0 aliphatic heterocycles. The van der Waals surface area contributed by atoms with Crippen LogP contribution in [0.3, 0.4) is 0 Å². The predicted octanol–water partition coefficient (Wildman–Crippen LogP) is 3.13. The van der Waals surface area contributed by atoms with E-state index in [1.165, 1.54) is 31.3 Å². The highest BCUT2D eigenvalue weighted by atomic mass is 16.4. The maximum atomic E-state index is 10.6. The Morgan fingerprint density at radius 2 is 2.00 bits per heavy atom. The molecular formula is C21H30O4. The van der Waals surface area contributed by atoms with Crippen molar-refractivity contribution in [2.24, 2.45) is 23.7 Å². The average Bonchev–Trinajstić information content (AvgIpc) is 3.04. The molecule has 0 aromatic heterocycles. The lowest BCUT2D eigenvalue weighted by Gasteiger charge is -2.48. The number of carboxylic acid groups (broad SMARTS) is 1. The summed E-state index contributed by atoms with van der Waals surface area (Å²) in [6, 6.07) is 0. The standard InChI is InChI=1S/C21H30O4/c22-16(12-14-4-1-2-5-14)8-9-18-19-13-15(6-3-7-21(24)25)17(19)10-11-20(18)23/h6,14,16-20,22-23H,1-5,7,10-13H2,(H,24,25)/b15-6+/t16?,17-,18-,19+,20-/m1/s1. The van der Waals surface area contributed by atoms with Gasteiger partial charge in [0.25, 0.3) is 0 Å². The number of hydrogen-bond donors (Lipinski definition) is 3. The molecule has 5 atom stereocenters. The van der Waals surface area contributed by atoms with E-state index in [-0.39, 0.29) is 12.3 Å². The van der Waals surface area contributed by atoms with Gasteiger partial charge >= 0.3 is 5.97 Å². The van der Waals surface area contributed by atoms with Gasteiger partial charge in [0.2, 0.25) is 0 Å². The summed E-state index contributed by atoms with van der Waals surface area (Å²) in [5, 5.41) is 29.3. The Kier molecular flexibility index (Phi) is 6.19. The predicted molar refractivity (Wildman–Crippen MR) is 95.6 cm³/mol. The van der Waals surface area contributed by atoms with Crippen molar-refractivity contribution in [1.82, 2.24) is 0 Å². The molecule has 138 valence electrons. The first-order chi connectivity index (χ1) is 12.0. The second-order valence-electron chi connectivity index (χ2n) is 8.05. The SMILES string of the molecule is O=C(O)CC/C=C1\C[C@@H]2[C@@H](C#CC(O)CC3CCCC3)[C@H](O)CC[C@H]12. The molecule has 3 saturated carbocycles. The van der Waals surface area contributed by atoms with Gasteiger partial charge in [-0.2, -0.15) is 0 Å². The summed E-state index contributed by atoms with van der Waals surface area (Å²) in [6.45, 7) is 0. The third-order valence-electron chi connectivity index (χ3n) is 6.33. The Morgan fingerprint density at radius 3 is 2.72 bits per heavy atom. The summed E-state index contributed by atoms with van der Waals surface area (Å²) >= 11 is 0. The molecule has 0 aromatic rings. The van der Waals surface area contributed by atoms with Crippen molar-refractivity contribution < 1.29 is 20.1 Å². The van der Waals surface area contributed by atoms with Crippen LogP contribution in [0.2, 0.25) is 0 Å². The Labute approximate surface area is 150 Å². The molecule has 3 aliphatic carbocycles. The van der Waals surface area contributed by atoms with Crippen molar-refractivity contribution in [3.05, 3.63) is 11.6 Å². The van der Waals surface area contributed by atoms with E-state index < -0.39 is 18.2 Å². The zero-order chi connectivity index (χ0) is 17.8. The van der Waals surface area contributed by atoms with Gasteiger partial charge in [-0.15, -0.1) is 0 Å². The molecule has 4 heteroatoms. The van der Waals surface area contributed by atoms with E-state index in [0.29, 0.717) is 24.2 Å². The summed E-state index contributed by atoms with van der Waals surface area (Å²) in [5.74, 6) is 6.84. The van der Waals surface area contributed by atoms with E-state index in [2.05, 4.69) is 17.9 Å². The van der Waals surface area contributed by atoms with E-state index in [0.717, 1.165) is 25.7 Å². The van der Waals surface area contributed by atoms with Crippen LogP contribution < -0.4 is 0 Å². The molecule has 0 bridgehead atoms. The number of allylic oxidation sites excluding steroid dienone is 2. The van der Waals surface area contributed by atoms with Crippen LogP contribution in [-0.4, -0.2) is 33.5 Å². The summed E-state index contributed by atoms with van der Waals surface area (Å²) in [5.41, 5.74) is 1.34. The van der Waals surface area contributed by atoms with E-state index in [1.54, 1.807) is 0 Å². The number of fused-ring (bicyclic) bond motifs is 1. The number of carboxylic acids is 1. The lowest BCUT2D eigenvalue weighted by Crippen LogP contribution is -2.44. The topological polar surface area (TPSA) is 77.8 Å². The van der Waals surface area contributed by atoms with Crippen molar-refractivity contribution in [3.8, 4) is 11.8 Å². The van der Waals surface area contributed by atoms with Gasteiger partial charge in [0, 0.05) is 6.42 Å². The Hall–Kier alpha value is -1.31. The van der Waals surface area contributed by atoms with Crippen molar-refractivity contribution >= 4 is 5.97 Å². The molecule has 0 aromatic carbocycles. The van der Waals surface area contributed by atoms with Gasteiger partial charge in [-0.1, -0.05) is 49.2 Å². The first-order valence-corrected chi connectivity index (χ1v) is 9.82. The molecule has 0 radical (unpaired) electrons. The molecular weight excluding hydrogens is 316 g/mol. The van der Waals surface area contributed by atoms with E-state index in [4.69, 9.17) is 5.11 Å². The molecule has 0 heterocycles. The monoisotopic (exact) mass is 346 g/mol. The molecule has 3 N–H and O–H groups in total. The van der Waals surface area contributed by atoms with Crippen LogP contribution in [0.5, 0.6) is 0 Å². The summed E-state index contributed by atoms with van der Waals surface area (Å²) in [4.78, 5) is 10.6. The number of aliphatic carboxylic acids is 1. The number of rotatable bonds is 5. The lowest BCUT2D eigenvalue weighted by molar-refractivity contribution is -0.136.